The number of nitrogens with zero attached hydrogens (tertiary/aromatic N) is 4. The number of hydrogen-bond donors (Lipinski definition) is 6. The second-order valence-corrected chi connectivity index (χ2v) is 20.0. The van der Waals surface area contributed by atoms with Crippen molar-refractivity contribution < 1.29 is 35.2 Å². The summed E-state index contributed by atoms with van der Waals surface area (Å²) >= 11 is 14.3. The summed E-state index contributed by atoms with van der Waals surface area (Å²) in [4.78, 5) is 43.0. The van der Waals surface area contributed by atoms with E-state index in [-0.39, 0.29) is 34.3 Å². The fourth-order valence-corrected chi connectivity index (χ4v) is 11.5. The van der Waals surface area contributed by atoms with Gasteiger partial charge in [-0.1, -0.05) is 23.2 Å². The molecule has 0 unspecified atom stereocenters. The summed E-state index contributed by atoms with van der Waals surface area (Å²) in [5.74, 6) is -2.27. The molecule has 0 aliphatic carbocycles. The molecule has 16 nitrogen and oxygen atoms in total. The highest BCUT2D eigenvalue weighted by Crippen LogP contribution is 2.37. The van der Waals surface area contributed by atoms with Gasteiger partial charge in [0.25, 0.3) is 20.4 Å². The van der Waals surface area contributed by atoms with Gasteiger partial charge in [0.1, 0.15) is 23.7 Å². The fourth-order valence-electron chi connectivity index (χ4n) is 6.34. The molecule has 2 saturated heterocycles. The Balaban J connectivity index is 0.000000181. The molecule has 0 spiro atoms. The van der Waals surface area contributed by atoms with E-state index in [1.807, 2.05) is 24.3 Å². The van der Waals surface area contributed by atoms with E-state index in [1.54, 1.807) is 25.0 Å². The number of imidazole rings is 2. The minimum absolute atomic E-state index is 0.137. The van der Waals surface area contributed by atoms with E-state index in [2.05, 4.69) is 40.0 Å². The second kappa shape index (κ2) is 17.8. The molecule has 60 heavy (non-hydrogen) atoms. The number of hydrogen-bond acceptors (Lipinski definition) is 10. The van der Waals surface area contributed by atoms with Crippen molar-refractivity contribution in [3.05, 3.63) is 117 Å². The molecule has 4 aromatic heterocycles. The highest BCUT2D eigenvalue weighted by Gasteiger charge is 2.42. The number of nitrogens with one attached hydrogen (secondary N) is 6. The lowest BCUT2D eigenvalue weighted by Crippen LogP contribution is -2.55. The maximum absolute atomic E-state index is 13.4. The van der Waals surface area contributed by atoms with Gasteiger partial charge in [-0.05, 0) is 73.5 Å². The van der Waals surface area contributed by atoms with Crippen molar-refractivity contribution in [2.75, 3.05) is 24.7 Å². The fraction of sp³-hybridized carbons (Fsp3) is 0.222. The van der Waals surface area contributed by atoms with Crippen LogP contribution in [0, 0.1) is 11.6 Å². The van der Waals surface area contributed by atoms with Crippen LogP contribution in [0.15, 0.2) is 85.7 Å². The average Bonchev–Trinajstić information content (AvgIpc) is 4.04. The Hall–Kier alpha value is -4.62. The number of benzene rings is 2. The normalized spacial score (nSPS) is 21.4. The maximum atomic E-state index is 13.4. The number of anilines is 2. The third-order valence-corrected chi connectivity index (χ3v) is 15.8. The summed E-state index contributed by atoms with van der Waals surface area (Å²) in [5.41, 5.74) is 2.21. The smallest absolute Gasteiger partial charge is 0.280 e. The van der Waals surface area contributed by atoms with Crippen LogP contribution in [0.25, 0.3) is 21.1 Å². The molecular formula is C36H34Cl2F2N10O6S4. The standard InChI is InChI=1S/2C18H17ClFN5O3S2/c2*1-25-15(18(26)23-10-2-3-12(20)11(19)6-10)7-13(24-30(25,27)28)16-4-5-17(29-16)14-8-21-9-22-14/h2*2-6,8-9,13,15,24H,7H2,1H3,(H,21,22)(H,23,26)/t2*13-,15+/m10/s1. The van der Waals surface area contributed by atoms with Crippen LogP contribution in [0.3, 0.4) is 0 Å². The van der Waals surface area contributed by atoms with Crippen molar-refractivity contribution in [2.24, 2.45) is 0 Å². The van der Waals surface area contributed by atoms with E-state index in [0.717, 1.165) is 51.6 Å². The lowest BCUT2D eigenvalue weighted by atomic mass is 10.1. The molecular weight excluding hydrogens is 906 g/mol. The first-order chi connectivity index (χ1) is 28.5. The zero-order chi connectivity index (χ0) is 42.9. The van der Waals surface area contributed by atoms with Crippen LogP contribution in [-0.2, 0) is 30.0 Å². The topological polar surface area (TPSA) is 214 Å². The molecule has 2 aliphatic heterocycles. The molecule has 4 atom stereocenters. The van der Waals surface area contributed by atoms with Gasteiger partial charge in [-0.25, -0.2) is 18.7 Å². The molecule has 2 fully saturated rings. The second-order valence-electron chi connectivity index (χ2n) is 13.5. The van der Waals surface area contributed by atoms with Gasteiger partial charge in [0.15, 0.2) is 0 Å². The number of aromatic amines is 2. The molecule has 24 heteroatoms. The number of carbonyl (C=O) groups is 2. The van der Waals surface area contributed by atoms with E-state index in [9.17, 15) is 35.2 Å². The highest BCUT2D eigenvalue weighted by molar-refractivity contribution is 7.87. The molecule has 6 aromatic rings. The highest BCUT2D eigenvalue weighted by atomic mass is 35.5. The van der Waals surface area contributed by atoms with Crippen molar-refractivity contribution in [2.45, 2.75) is 37.0 Å². The van der Waals surface area contributed by atoms with Gasteiger partial charge in [0, 0.05) is 35.2 Å². The van der Waals surface area contributed by atoms with E-state index >= 15 is 0 Å². The number of H-pyrrole nitrogens is 2. The lowest BCUT2D eigenvalue weighted by Gasteiger charge is -2.35. The summed E-state index contributed by atoms with van der Waals surface area (Å²) < 4.78 is 84.4. The first-order valence-corrected chi connectivity index (χ1v) is 23.0. The Labute approximate surface area is 360 Å². The third-order valence-electron chi connectivity index (χ3n) is 9.58. The lowest BCUT2D eigenvalue weighted by molar-refractivity contribution is -0.120. The molecule has 0 saturated carbocycles. The van der Waals surface area contributed by atoms with Gasteiger partial charge in [-0.15, -0.1) is 22.7 Å². The molecule has 2 amide bonds. The van der Waals surface area contributed by atoms with Crippen molar-refractivity contribution in [1.29, 1.82) is 0 Å². The monoisotopic (exact) mass is 938 g/mol. The molecule has 2 aliphatic rings. The molecule has 6 heterocycles. The van der Waals surface area contributed by atoms with Crippen LogP contribution in [0.4, 0.5) is 20.2 Å². The Morgan fingerprint density at radius 3 is 1.43 bits per heavy atom. The number of halogens is 4. The third kappa shape index (κ3) is 9.62. The number of thiophene rings is 2. The van der Waals surface area contributed by atoms with Gasteiger partial charge in [0.2, 0.25) is 11.8 Å². The molecule has 0 radical (unpaired) electrons. The Morgan fingerprint density at radius 1 is 0.683 bits per heavy atom. The van der Waals surface area contributed by atoms with Crippen molar-refractivity contribution in [3.63, 3.8) is 0 Å². The van der Waals surface area contributed by atoms with Crippen molar-refractivity contribution in [3.8, 4) is 21.1 Å². The van der Waals surface area contributed by atoms with E-state index < -0.39 is 68.0 Å². The summed E-state index contributed by atoms with van der Waals surface area (Å²) in [6.07, 6.45) is 6.93. The maximum Gasteiger partial charge on any atom is 0.280 e. The zero-order valence-corrected chi connectivity index (χ0v) is 36.0. The van der Waals surface area contributed by atoms with Crippen LogP contribution < -0.4 is 20.1 Å². The Morgan fingerprint density at radius 2 is 1.08 bits per heavy atom. The minimum Gasteiger partial charge on any atom is -0.344 e. The number of carbonyl (C=O) groups excluding carboxylic acids is 2. The van der Waals surface area contributed by atoms with Crippen LogP contribution in [-0.4, -0.2) is 83.4 Å². The van der Waals surface area contributed by atoms with Gasteiger partial charge >= 0.3 is 0 Å². The summed E-state index contributed by atoms with van der Waals surface area (Å²) in [5, 5.41) is 4.95. The molecule has 316 valence electrons. The van der Waals surface area contributed by atoms with Crippen LogP contribution in [0.5, 0.6) is 0 Å². The first-order valence-electron chi connectivity index (χ1n) is 17.7. The van der Waals surface area contributed by atoms with Gasteiger partial charge in [-0.3, -0.25) is 9.59 Å². The minimum atomic E-state index is -3.88. The summed E-state index contributed by atoms with van der Waals surface area (Å²) in [6, 6.07) is 11.9. The molecule has 2 aromatic carbocycles. The molecule has 6 N–H and O–H groups in total. The first kappa shape index (κ1) is 43.5. The van der Waals surface area contributed by atoms with Gasteiger partial charge < -0.3 is 20.6 Å². The van der Waals surface area contributed by atoms with Crippen LogP contribution >= 0.6 is 45.9 Å². The summed E-state index contributed by atoms with van der Waals surface area (Å²) in [7, 11) is -5.09. The van der Waals surface area contributed by atoms with E-state index in [4.69, 9.17) is 23.2 Å². The van der Waals surface area contributed by atoms with Gasteiger partial charge in [0.05, 0.1) is 68.3 Å². The number of amides is 2. The number of aromatic nitrogens is 4. The Bertz CT molecular complexity index is 2550. The Kier molecular flexibility index (Phi) is 12.9. The van der Waals surface area contributed by atoms with Crippen molar-refractivity contribution >= 4 is 89.5 Å². The van der Waals surface area contributed by atoms with Gasteiger partial charge in [-0.2, -0.15) is 34.9 Å². The molecule has 0 bridgehead atoms. The predicted octanol–water partition coefficient (Wildman–Crippen LogP) is 6.30. The van der Waals surface area contributed by atoms with Crippen molar-refractivity contribution in [1.82, 2.24) is 38.0 Å². The SMILES string of the molecule is CN1[C@@H](C(=O)Nc2ccc(F)c(Cl)c2)C[C@@H](c2ccc(-c3cnc[nH]3)s2)NS1(=O)=O.CN1[C@H](C(=O)Nc2ccc(F)c(Cl)c2)C[C@H](c2ccc(-c3cnc[nH]3)s2)NS1(=O)=O. The van der Waals surface area contributed by atoms with Crippen LogP contribution in [0.2, 0.25) is 10.0 Å². The number of likely N-dealkylation sites (N-methyl/N-ethyl adjacent to an activating group) is 2. The number of rotatable bonds is 8. The molecule has 8 rings (SSSR count). The zero-order valence-electron chi connectivity index (χ0n) is 31.2. The quantitative estimate of drug-likeness (QED) is 0.102. The van der Waals surface area contributed by atoms with E-state index in [0.29, 0.717) is 0 Å². The van der Waals surface area contributed by atoms with E-state index in [1.165, 1.54) is 61.0 Å². The van der Waals surface area contributed by atoms with Crippen LogP contribution in [0.1, 0.15) is 34.7 Å². The predicted molar refractivity (Wildman–Crippen MR) is 226 cm³/mol. The summed E-state index contributed by atoms with van der Waals surface area (Å²) in [6.45, 7) is 0. The largest absolute Gasteiger partial charge is 0.344 e. The average molecular weight is 940 g/mol.